The van der Waals surface area contributed by atoms with Crippen molar-refractivity contribution in [3.05, 3.63) is 41.2 Å². The number of hydrogen-bond acceptors (Lipinski definition) is 8. The van der Waals surface area contributed by atoms with Crippen molar-refractivity contribution in [3.63, 3.8) is 0 Å². The summed E-state index contributed by atoms with van der Waals surface area (Å²) < 4.78 is 27.2. The second-order valence-electron chi connectivity index (χ2n) is 15.7. The third kappa shape index (κ3) is 6.46. The van der Waals surface area contributed by atoms with E-state index in [2.05, 4.69) is 88.1 Å². The fourth-order valence-electron chi connectivity index (χ4n) is 7.27. The summed E-state index contributed by atoms with van der Waals surface area (Å²) in [5.41, 5.74) is 8.04. The Hall–Kier alpha value is -2.92. The Morgan fingerprint density at radius 2 is 1.74 bits per heavy atom. The van der Waals surface area contributed by atoms with Crippen LogP contribution in [0.5, 0.6) is 0 Å². The van der Waals surface area contributed by atoms with Crippen LogP contribution in [0.4, 0.5) is 5.69 Å². The number of rotatable bonds is 9. The van der Waals surface area contributed by atoms with E-state index in [9.17, 15) is 4.79 Å². The minimum Gasteiger partial charge on any atom is -0.465 e. The summed E-state index contributed by atoms with van der Waals surface area (Å²) in [6, 6.07) is 6.93. The number of nitrogens with zero attached hydrogens (tertiary/aromatic N) is 4. The third-order valence-electron chi connectivity index (χ3n) is 10.8. The van der Waals surface area contributed by atoms with E-state index >= 15 is 0 Å². The van der Waals surface area contributed by atoms with Gasteiger partial charge in [-0.15, -0.1) is 0 Å². The number of ether oxygens (including phenoxy) is 2. The van der Waals surface area contributed by atoms with Crippen LogP contribution in [0.1, 0.15) is 84.7 Å². The average molecular weight is 645 g/mol. The molecule has 0 spiro atoms. The Labute approximate surface area is 281 Å². The van der Waals surface area contributed by atoms with E-state index in [1.807, 2.05) is 6.20 Å². The molecule has 1 aromatic carbocycles. The van der Waals surface area contributed by atoms with Crippen molar-refractivity contribution in [2.75, 3.05) is 51.8 Å². The zero-order valence-corrected chi connectivity index (χ0v) is 30.2. The molecule has 0 unspecified atom stereocenters. The molecule has 6 rings (SSSR count). The molecule has 0 amide bonds. The van der Waals surface area contributed by atoms with Gasteiger partial charge >= 0.3 is 13.1 Å². The average Bonchev–Trinajstić information content (AvgIpc) is 3.44. The van der Waals surface area contributed by atoms with E-state index in [0.29, 0.717) is 13.0 Å². The van der Waals surface area contributed by atoms with Crippen molar-refractivity contribution in [1.82, 2.24) is 14.5 Å². The quantitative estimate of drug-likeness (QED) is 0.222. The van der Waals surface area contributed by atoms with Crippen LogP contribution in [-0.4, -0.2) is 85.7 Å². The molecule has 3 aromatic rings. The van der Waals surface area contributed by atoms with Crippen molar-refractivity contribution in [2.24, 2.45) is 5.41 Å². The SMILES string of the molecule is CO[C@@H](C)c1ncc(N2CCN(C)CC2)cc1-c1c(CC(C)(C)COC(C)=O)c2cc(B3OC(C)(C)C(C)(C)O3)cc3c2n1CCC3. The Balaban J connectivity index is 1.58. The predicted molar refractivity (Wildman–Crippen MR) is 188 cm³/mol. The fraction of sp³-hybridized carbons (Fsp3) is 0.622. The highest BCUT2D eigenvalue weighted by Crippen LogP contribution is 2.44. The number of carbonyl (C=O) groups is 1. The first-order valence-corrected chi connectivity index (χ1v) is 17.2. The van der Waals surface area contributed by atoms with E-state index < -0.39 is 18.3 Å². The topological polar surface area (TPSA) is 78.3 Å². The number of benzene rings is 1. The lowest BCUT2D eigenvalue weighted by Crippen LogP contribution is -2.44. The molecule has 0 aliphatic carbocycles. The molecule has 0 bridgehead atoms. The van der Waals surface area contributed by atoms with Gasteiger partial charge in [0.05, 0.1) is 52.7 Å². The molecule has 2 fully saturated rings. The summed E-state index contributed by atoms with van der Waals surface area (Å²) in [4.78, 5) is 21.9. The molecule has 10 heteroatoms. The van der Waals surface area contributed by atoms with E-state index in [1.54, 1.807) is 7.11 Å². The molecule has 47 heavy (non-hydrogen) atoms. The lowest BCUT2D eigenvalue weighted by molar-refractivity contribution is -0.143. The van der Waals surface area contributed by atoms with Crippen LogP contribution >= 0.6 is 0 Å². The van der Waals surface area contributed by atoms with Gasteiger partial charge in [0, 0.05) is 63.1 Å². The summed E-state index contributed by atoms with van der Waals surface area (Å²) in [6.45, 7) is 21.5. The number of esters is 1. The van der Waals surface area contributed by atoms with Gasteiger partial charge in [0.25, 0.3) is 0 Å². The molecule has 1 atom stereocenters. The lowest BCUT2D eigenvalue weighted by atomic mass is 9.76. The van der Waals surface area contributed by atoms with Gasteiger partial charge in [0.1, 0.15) is 0 Å². The minimum absolute atomic E-state index is 0.192. The highest BCUT2D eigenvalue weighted by molar-refractivity contribution is 6.62. The first kappa shape index (κ1) is 34.0. The smallest absolute Gasteiger partial charge is 0.465 e. The van der Waals surface area contributed by atoms with Crippen LogP contribution in [0.25, 0.3) is 22.2 Å². The van der Waals surface area contributed by atoms with Gasteiger partial charge in [-0.3, -0.25) is 9.78 Å². The molecule has 9 nitrogen and oxygen atoms in total. The number of hydrogen-bond donors (Lipinski definition) is 0. The summed E-state index contributed by atoms with van der Waals surface area (Å²) in [6.07, 6.45) is 4.57. The van der Waals surface area contributed by atoms with E-state index in [0.717, 1.165) is 68.0 Å². The molecule has 254 valence electrons. The molecular weight excluding hydrogens is 591 g/mol. The van der Waals surface area contributed by atoms with Crippen LogP contribution in [0, 0.1) is 5.41 Å². The number of aryl methyl sites for hydroxylation is 2. The molecule has 2 aromatic heterocycles. The maximum absolute atomic E-state index is 11.9. The number of anilines is 1. The summed E-state index contributed by atoms with van der Waals surface area (Å²) in [7, 11) is 3.48. The van der Waals surface area contributed by atoms with Gasteiger partial charge in [-0.25, -0.2) is 0 Å². The summed E-state index contributed by atoms with van der Waals surface area (Å²) in [5, 5.41) is 1.21. The largest absolute Gasteiger partial charge is 0.494 e. The van der Waals surface area contributed by atoms with Crippen LogP contribution in [0.3, 0.4) is 0 Å². The first-order valence-electron chi connectivity index (χ1n) is 17.2. The Bertz CT molecular complexity index is 1640. The first-order chi connectivity index (χ1) is 22.1. The van der Waals surface area contributed by atoms with Gasteiger partial charge in [-0.05, 0) is 83.6 Å². The highest BCUT2D eigenvalue weighted by Gasteiger charge is 2.52. The minimum atomic E-state index is -0.456. The maximum atomic E-state index is 11.9. The number of likely N-dealkylation sites (N-methyl/N-ethyl adjacent to an activating group) is 1. The molecular formula is C37H53BN4O5. The zero-order valence-electron chi connectivity index (χ0n) is 30.2. The van der Waals surface area contributed by atoms with Gasteiger partial charge in [-0.2, -0.15) is 0 Å². The van der Waals surface area contributed by atoms with Crippen molar-refractivity contribution in [1.29, 1.82) is 0 Å². The van der Waals surface area contributed by atoms with E-state index in [4.69, 9.17) is 23.8 Å². The summed E-state index contributed by atoms with van der Waals surface area (Å²) in [5.74, 6) is -0.260. The van der Waals surface area contributed by atoms with Crippen LogP contribution in [-0.2, 0) is 43.0 Å². The van der Waals surface area contributed by atoms with Crippen LogP contribution in [0.15, 0.2) is 24.4 Å². The monoisotopic (exact) mass is 644 g/mol. The van der Waals surface area contributed by atoms with Crippen LogP contribution < -0.4 is 10.4 Å². The predicted octanol–water partition coefficient (Wildman–Crippen LogP) is 5.54. The molecule has 5 heterocycles. The molecule has 2 saturated heterocycles. The van der Waals surface area contributed by atoms with Crippen molar-refractivity contribution >= 4 is 35.1 Å². The second-order valence-corrected chi connectivity index (χ2v) is 15.7. The van der Waals surface area contributed by atoms with Crippen molar-refractivity contribution < 1.29 is 23.6 Å². The Morgan fingerprint density at radius 3 is 2.38 bits per heavy atom. The number of methoxy groups -OCH3 is 1. The molecule has 0 radical (unpaired) electrons. The Morgan fingerprint density at radius 1 is 1.06 bits per heavy atom. The van der Waals surface area contributed by atoms with Gasteiger partial charge < -0.3 is 33.1 Å². The Kier molecular flexibility index (Phi) is 9.04. The lowest BCUT2D eigenvalue weighted by Gasteiger charge is -2.34. The highest BCUT2D eigenvalue weighted by atomic mass is 16.7. The number of carbonyl (C=O) groups excluding carboxylic acids is 1. The normalized spacial score (nSPS) is 20.2. The fourth-order valence-corrected chi connectivity index (χ4v) is 7.27. The van der Waals surface area contributed by atoms with Gasteiger partial charge in [0.15, 0.2) is 0 Å². The molecule has 3 aliphatic rings. The number of pyridine rings is 1. The van der Waals surface area contributed by atoms with E-state index in [1.165, 1.54) is 34.6 Å². The zero-order chi connectivity index (χ0) is 33.9. The number of piperazine rings is 1. The number of aromatic nitrogens is 2. The molecule has 0 N–H and O–H groups in total. The second kappa shape index (κ2) is 12.5. The van der Waals surface area contributed by atoms with Gasteiger partial charge in [-0.1, -0.05) is 26.0 Å². The van der Waals surface area contributed by atoms with E-state index in [-0.39, 0.29) is 17.5 Å². The standard InChI is InChI=1S/C37H53BN4O5/c1-24(44-10)32-30(20-28(22-39-32)41-16-14-40(9)15-17-41)34-31(21-35(3,4)23-45-25(2)43)29-19-27(18-26-12-11-13-42(34)33(26)29)38-46-36(5,6)37(7,8)47-38/h18-20,22,24H,11-17,21,23H2,1-10H3/t24-/m0/s1. The van der Waals surface area contributed by atoms with Crippen molar-refractivity contribution in [3.8, 4) is 11.3 Å². The summed E-state index contributed by atoms with van der Waals surface area (Å²) >= 11 is 0. The molecule has 3 aliphatic heterocycles. The maximum Gasteiger partial charge on any atom is 0.494 e. The van der Waals surface area contributed by atoms with Crippen molar-refractivity contribution in [2.45, 2.75) is 98.5 Å². The van der Waals surface area contributed by atoms with Gasteiger partial charge in [0.2, 0.25) is 0 Å². The third-order valence-corrected chi connectivity index (χ3v) is 10.8. The molecule has 0 saturated carbocycles. The van der Waals surface area contributed by atoms with Crippen LogP contribution in [0.2, 0.25) is 0 Å².